The van der Waals surface area contributed by atoms with Crippen molar-refractivity contribution in [2.75, 3.05) is 4.72 Å². The first-order chi connectivity index (χ1) is 8.90. The van der Waals surface area contributed by atoms with Gasteiger partial charge in [0.2, 0.25) is 0 Å². The molecule has 0 spiro atoms. The van der Waals surface area contributed by atoms with Crippen molar-refractivity contribution in [2.24, 2.45) is 0 Å². The van der Waals surface area contributed by atoms with Crippen LogP contribution >= 0.6 is 27.3 Å². The van der Waals surface area contributed by atoms with E-state index in [1.54, 1.807) is 17.5 Å². The summed E-state index contributed by atoms with van der Waals surface area (Å²) < 4.78 is 27.8. The van der Waals surface area contributed by atoms with Crippen LogP contribution in [0.3, 0.4) is 0 Å². The van der Waals surface area contributed by atoms with Crippen molar-refractivity contribution in [1.29, 1.82) is 0 Å². The summed E-state index contributed by atoms with van der Waals surface area (Å²) in [6.07, 6.45) is 0. The number of hydrogen-bond acceptors (Lipinski definition) is 4. The predicted octanol–water partition coefficient (Wildman–Crippen LogP) is 3.11. The normalized spacial score (nSPS) is 11.5. The number of hydrogen-bond donors (Lipinski definition) is 2. The summed E-state index contributed by atoms with van der Waals surface area (Å²) >= 11 is 4.41. The van der Waals surface area contributed by atoms with E-state index in [2.05, 4.69) is 20.7 Å². The number of aliphatic hydroxyl groups excluding tert-OH is 1. The van der Waals surface area contributed by atoms with Crippen molar-refractivity contribution in [1.82, 2.24) is 0 Å². The minimum absolute atomic E-state index is 0.165. The lowest BCUT2D eigenvalue weighted by Gasteiger charge is -2.07. The first-order valence-corrected chi connectivity index (χ1v) is 8.54. The molecule has 2 rings (SSSR count). The lowest BCUT2D eigenvalue weighted by Crippen LogP contribution is -2.11. The van der Waals surface area contributed by atoms with Gasteiger partial charge in [0.25, 0.3) is 10.0 Å². The summed E-state index contributed by atoms with van der Waals surface area (Å²) in [7, 11) is -3.60. The van der Waals surface area contributed by atoms with E-state index < -0.39 is 10.0 Å². The van der Waals surface area contributed by atoms with Crippen molar-refractivity contribution in [3.8, 4) is 0 Å². The summed E-state index contributed by atoms with van der Waals surface area (Å²) in [5.74, 6) is 0. The molecular formula is C12H12BrNO3S2. The second-order valence-electron chi connectivity index (χ2n) is 4.05. The predicted molar refractivity (Wildman–Crippen MR) is 79.9 cm³/mol. The van der Waals surface area contributed by atoms with Crippen molar-refractivity contribution in [2.45, 2.75) is 17.7 Å². The molecule has 1 aromatic heterocycles. The molecule has 1 heterocycles. The molecule has 0 aliphatic carbocycles. The van der Waals surface area contributed by atoms with Gasteiger partial charge in [-0.15, -0.1) is 11.3 Å². The van der Waals surface area contributed by atoms with Gasteiger partial charge in [0, 0.05) is 4.47 Å². The van der Waals surface area contributed by atoms with E-state index in [0.29, 0.717) is 11.3 Å². The number of aliphatic hydroxyl groups is 1. The number of thiophene rings is 1. The molecule has 0 unspecified atom stereocenters. The van der Waals surface area contributed by atoms with Crippen LogP contribution in [0.5, 0.6) is 0 Å². The van der Waals surface area contributed by atoms with Gasteiger partial charge in [-0.1, -0.05) is 15.9 Å². The number of anilines is 1. The smallest absolute Gasteiger partial charge is 0.271 e. The second-order valence-corrected chi connectivity index (χ2v) is 7.79. The highest BCUT2D eigenvalue weighted by Crippen LogP contribution is 2.25. The van der Waals surface area contributed by atoms with Crippen LogP contribution in [0.25, 0.3) is 0 Å². The molecule has 4 nitrogen and oxygen atoms in total. The summed E-state index contributed by atoms with van der Waals surface area (Å²) in [4.78, 5) is 0. The molecule has 0 aliphatic rings. The van der Waals surface area contributed by atoms with Crippen LogP contribution in [0.4, 0.5) is 5.69 Å². The average molecular weight is 362 g/mol. The number of halogens is 1. The summed E-state index contributed by atoms with van der Waals surface area (Å²) in [5, 5.41) is 10.6. The van der Waals surface area contributed by atoms with Crippen LogP contribution in [0.15, 0.2) is 38.3 Å². The largest absolute Gasteiger partial charge is 0.392 e. The Balaban J connectivity index is 2.30. The summed E-state index contributed by atoms with van der Waals surface area (Å²) in [5.41, 5.74) is 2.05. The zero-order chi connectivity index (χ0) is 14.0. The van der Waals surface area contributed by atoms with Crippen LogP contribution in [-0.4, -0.2) is 13.5 Å². The maximum absolute atomic E-state index is 12.2. The van der Waals surface area contributed by atoms with Crippen molar-refractivity contribution < 1.29 is 13.5 Å². The first-order valence-electron chi connectivity index (χ1n) is 5.39. The van der Waals surface area contributed by atoms with Gasteiger partial charge in [-0.3, -0.25) is 4.72 Å². The second kappa shape index (κ2) is 5.62. The van der Waals surface area contributed by atoms with Gasteiger partial charge in [0.15, 0.2) is 0 Å². The molecule has 102 valence electrons. The zero-order valence-corrected chi connectivity index (χ0v) is 13.3. The molecule has 0 atom stereocenters. The molecule has 2 N–H and O–H groups in total. The van der Waals surface area contributed by atoms with Crippen LogP contribution in [0.1, 0.15) is 11.1 Å². The number of benzene rings is 1. The number of nitrogens with one attached hydrogen (secondary N) is 1. The molecular weight excluding hydrogens is 350 g/mol. The highest BCUT2D eigenvalue weighted by molar-refractivity contribution is 9.10. The highest BCUT2D eigenvalue weighted by Gasteiger charge is 2.17. The molecule has 0 radical (unpaired) electrons. The maximum Gasteiger partial charge on any atom is 0.271 e. The van der Waals surface area contributed by atoms with Crippen molar-refractivity contribution >= 4 is 43.0 Å². The first kappa shape index (κ1) is 14.5. The molecule has 1 aromatic carbocycles. The highest BCUT2D eigenvalue weighted by atomic mass is 79.9. The fraction of sp³-hybridized carbons (Fsp3) is 0.167. The third-order valence-corrected chi connectivity index (χ3v) is 5.70. The van der Waals surface area contributed by atoms with Crippen molar-refractivity contribution in [3.05, 3.63) is 45.2 Å². The fourth-order valence-electron chi connectivity index (χ4n) is 1.58. The van der Waals surface area contributed by atoms with Crippen LogP contribution < -0.4 is 4.72 Å². The Labute approximate surface area is 124 Å². The van der Waals surface area contributed by atoms with Gasteiger partial charge in [-0.25, -0.2) is 8.42 Å². The lowest BCUT2D eigenvalue weighted by atomic mass is 10.2. The SMILES string of the molecule is Cc1cc(Br)cc(NS(=O)(=O)c2cc(CO)cs2)c1. The van der Waals surface area contributed by atoms with Crippen LogP contribution in [0.2, 0.25) is 0 Å². The molecule has 0 bridgehead atoms. The van der Waals surface area contributed by atoms with E-state index in [4.69, 9.17) is 5.11 Å². The number of sulfonamides is 1. The standard InChI is InChI=1S/C12H12BrNO3S2/c1-8-2-10(13)5-11(3-8)14-19(16,17)12-4-9(6-15)7-18-12/h2-5,7,14-15H,6H2,1H3. The van der Waals surface area contributed by atoms with Crippen LogP contribution in [-0.2, 0) is 16.6 Å². The molecule has 0 saturated heterocycles. The van der Waals surface area contributed by atoms with Crippen LogP contribution in [0, 0.1) is 6.92 Å². The topological polar surface area (TPSA) is 66.4 Å². The third-order valence-electron chi connectivity index (χ3n) is 2.37. The zero-order valence-electron chi connectivity index (χ0n) is 10.1. The third kappa shape index (κ3) is 3.56. The average Bonchev–Trinajstić information content (AvgIpc) is 2.75. The van der Waals surface area contributed by atoms with Gasteiger partial charge < -0.3 is 5.11 Å². The van der Waals surface area contributed by atoms with E-state index in [9.17, 15) is 8.42 Å². The van der Waals surface area contributed by atoms with E-state index in [1.807, 2.05) is 13.0 Å². The maximum atomic E-state index is 12.2. The molecule has 7 heteroatoms. The van der Waals surface area contributed by atoms with Gasteiger partial charge in [-0.2, -0.15) is 0 Å². The van der Waals surface area contributed by atoms with Crippen molar-refractivity contribution in [3.63, 3.8) is 0 Å². The van der Waals surface area contributed by atoms with E-state index in [1.165, 1.54) is 6.07 Å². The molecule has 0 aliphatic heterocycles. The molecule has 19 heavy (non-hydrogen) atoms. The fourth-order valence-corrected chi connectivity index (χ4v) is 4.43. The van der Waals surface area contributed by atoms with Gasteiger partial charge >= 0.3 is 0 Å². The Morgan fingerprint density at radius 3 is 2.63 bits per heavy atom. The Kier molecular flexibility index (Phi) is 4.29. The Bertz CT molecular complexity index is 675. The molecule has 0 fully saturated rings. The molecule has 0 saturated carbocycles. The summed E-state index contributed by atoms with van der Waals surface area (Å²) in [6.45, 7) is 1.72. The Hall–Kier alpha value is -0.890. The minimum atomic E-state index is -3.60. The van der Waals surface area contributed by atoms with E-state index >= 15 is 0 Å². The molecule has 2 aromatic rings. The van der Waals surface area contributed by atoms with E-state index in [0.717, 1.165) is 21.4 Å². The summed E-state index contributed by atoms with van der Waals surface area (Å²) in [6, 6.07) is 6.82. The lowest BCUT2D eigenvalue weighted by molar-refractivity contribution is 0.282. The quantitative estimate of drug-likeness (QED) is 0.878. The van der Waals surface area contributed by atoms with Gasteiger partial charge in [0.1, 0.15) is 4.21 Å². The Morgan fingerprint density at radius 1 is 1.32 bits per heavy atom. The van der Waals surface area contributed by atoms with Gasteiger partial charge in [-0.05, 0) is 47.7 Å². The number of rotatable bonds is 4. The molecule has 0 amide bonds. The Morgan fingerprint density at radius 2 is 2.05 bits per heavy atom. The monoisotopic (exact) mass is 361 g/mol. The minimum Gasteiger partial charge on any atom is -0.392 e. The van der Waals surface area contributed by atoms with Gasteiger partial charge in [0.05, 0.1) is 12.3 Å². The number of aryl methyl sites for hydroxylation is 1. The van der Waals surface area contributed by atoms with E-state index in [-0.39, 0.29) is 10.8 Å².